The van der Waals surface area contributed by atoms with E-state index < -0.39 is 0 Å². The second-order valence-electron chi connectivity index (χ2n) is 4.25. The molecule has 1 N–H and O–H groups in total. The summed E-state index contributed by atoms with van der Waals surface area (Å²) in [5, 5.41) is 11.1. The highest BCUT2D eigenvalue weighted by molar-refractivity contribution is 6.31. The number of aromatic nitrogens is 3. The highest BCUT2D eigenvalue weighted by atomic mass is 35.5. The van der Waals surface area contributed by atoms with Gasteiger partial charge >= 0.3 is 0 Å². The smallest absolute Gasteiger partial charge is 0.261 e. The Kier molecular flexibility index (Phi) is 3.45. The Morgan fingerprint density at radius 3 is 2.95 bits per heavy atom. The van der Waals surface area contributed by atoms with Gasteiger partial charge < -0.3 is 4.74 Å². The number of methoxy groups -OCH3 is 1. The highest BCUT2D eigenvalue weighted by Gasteiger charge is 2.15. The van der Waals surface area contributed by atoms with E-state index in [9.17, 15) is 4.79 Å². The maximum absolute atomic E-state index is 12.3. The fourth-order valence-electron chi connectivity index (χ4n) is 1.95. The number of amides is 1. The number of hydrogen-bond acceptors (Lipinski definition) is 4. The first-order chi connectivity index (χ1) is 10.2. The molecule has 7 heteroatoms. The van der Waals surface area contributed by atoms with Crippen LogP contribution in [0.2, 0.25) is 5.02 Å². The van der Waals surface area contributed by atoms with Crippen LogP contribution >= 0.6 is 11.6 Å². The molecule has 0 spiro atoms. The SMILES string of the molecule is COc1cc(Cl)ccc1C(=O)Nc1nnc2ccccn12. The summed E-state index contributed by atoms with van der Waals surface area (Å²) in [5.74, 6) is 0.392. The number of ether oxygens (including phenoxy) is 1. The van der Waals surface area contributed by atoms with Crippen molar-refractivity contribution in [1.29, 1.82) is 0 Å². The highest BCUT2D eigenvalue weighted by Crippen LogP contribution is 2.24. The van der Waals surface area contributed by atoms with Gasteiger partial charge in [0.25, 0.3) is 5.91 Å². The minimum Gasteiger partial charge on any atom is -0.496 e. The average Bonchev–Trinajstić information content (AvgIpc) is 2.90. The summed E-state index contributed by atoms with van der Waals surface area (Å²) in [6, 6.07) is 10.3. The fraction of sp³-hybridized carbons (Fsp3) is 0.0714. The van der Waals surface area contributed by atoms with E-state index in [1.54, 1.807) is 34.9 Å². The lowest BCUT2D eigenvalue weighted by Crippen LogP contribution is -2.15. The number of hydrogen-bond donors (Lipinski definition) is 1. The van der Waals surface area contributed by atoms with Gasteiger partial charge in [0.05, 0.1) is 12.7 Å². The van der Waals surface area contributed by atoms with Gasteiger partial charge in [-0.15, -0.1) is 10.2 Å². The van der Waals surface area contributed by atoms with Gasteiger partial charge in [0.15, 0.2) is 5.65 Å². The van der Waals surface area contributed by atoms with E-state index in [4.69, 9.17) is 16.3 Å². The van der Waals surface area contributed by atoms with Crippen LogP contribution in [0.15, 0.2) is 42.6 Å². The summed E-state index contributed by atoms with van der Waals surface area (Å²) >= 11 is 5.88. The lowest BCUT2D eigenvalue weighted by molar-refractivity contribution is 0.102. The van der Waals surface area contributed by atoms with E-state index in [0.717, 1.165) is 0 Å². The zero-order chi connectivity index (χ0) is 14.8. The first-order valence-electron chi connectivity index (χ1n) is 6.13. The van der Waals surface area contributed by atoms with Crippen LogP contribution in [0.1, 0.15) is 10.4 Å². The van der Waals surface area contributed by atoms with Crippen molar-refractivity contribution < 1.29 is 9.53 Å². The molecule has 0 aliphatic rings. The summed E-state index contributed by atoms with van der Waals surface area (Å²) in [6.07, 6.45) is 1.77. The fourth-order valence-corrected chi connectivity index (χ4v) is 2.11. The van der Waals surface area contributed by atoms with Crippen LogP contribution in [-0.4, -0.2) is 27.6 Å². The Morgan fingerprint density at radius 2 is 2.14 bits per heavy atom. The molecule has 3 aromatic rings. The Hall–Kier alpha value is -2.60. The van der Waals surface area contributed by atoms with Crippen molar-refractivity contribution >= 4 is 29.1 Å². The van der Waals surface area contributed by atoms with Crippen LogP contribution < -0.4 is 10.1 Å². The molecular formula is C14H11ClN4O2. The number of benzene rings is 1. The third kappa shape index (κ3) is 2.53. The number of rotatable bonds is 3. The third-order valence-corrected chi connectivity index (χ3v) is 3.18. The topological polar surface area (TPSA) is 68.5 Å². The molecule has 2 heterocycles. The van der Waals surface area contributed by atoms with Crippen LogP contribution in [0.5, 0.6) is 5.75 Å². The number of carbonyl (C=O) groups excluding carboxylic acids is 1. The molecule has 3 rings (SSSR count). The second-order valence-corrected chi connectivity index (χ2v) is 4.69. The van der Waals surface area contributed by atoms with Gasteiger partial charge in [-0.2, -0.15) is 0 Å². The van der Waals surface area contributed by atoms with Crippen molar-refractivity contribution in [3.8, 4) is 5.75 Å². The van der Waals surface area contributed by atoms with Gasteiger partial charge in [-0.3, -0.25) is 14.5 Å². The number of nitrogens with one attached hydrogen (secondary N) is 1. The Bertz CT molecular complexity index is 816. The largest absolute Gasteiger partial charge is 0.496 e. The normalized spacial score (nSPS) is 10.6. The summed E-state index contributed by atoms with van der Waals surface area (Å²) in [7, 11) is 1.48. The molecule has 0 aliphatic heterocycles. The number of carbonyl (C=O) groups is 1. The van der Waals surface area contributed by atoms with Crippen molar-refractivity contribution in [2.24, 2.45) is 0 Å². The minimum atomic E-state index is -0.346. The molecule has 0 bridgehead atoms. The molecular weight excluding hydrogens is 292 g/mol. The summed E-state index contributed by atoms with van der Waals surface area (Å²) in [5.41, 5.74) is 1.02. The second kappa shape index (κ2) is 5.41. The van der Waals surface area contributed by atoms with Gasteiger partial charge in [0.1, 0.15) is 5.75 Å². The molecule has 0 saturated heterocycles. The van der Waals surface area contributed by atoms with Gasteiger partial charge in [0, 0.05) is 11.2 Å². The predicted octanol–water partition coefficient (Wildman–Crippen LogP) is 2.64. The van der Waals surface area contributed by atoms with E-state index in [0.29, 0.717) is 27.9 Å². The molecule has 1 amide bonds. The van der Waals surface area contributed by atoms with E-state index in [1.165, 1.54) is 7.11 Å². The standard InChI is InChI=1S/C14H11ClN4O2/c1-21-11-8-9(15)5-6-10(11)13(20)16-14-18-17-12-4-2-3-7-19(12)14/h2-8H,1H3,(H,16,18,20). The Balaban J connectivity index is 1.93. The monoisotopic (exact) mass is 302 g/mol. The van der Waals surface area contributed by atoms with Crippen molar-refractivity contribution in [2.75, 3.05) is 12.4 Å². The molecule has 0 saturated carbocycles. The van der Waals surface area contributed by atoms with Crippen molar-refractivity contribution in [1.82, 2.24) is 14.6 Å². The van der Waals surface area contributed by atoms with Crippen LogP contribution in [0.4, 0.5) is 5.95 Å². The van der Waals surface area contributed by atoms with Crippen LogP contribution in [-0.2, 0) is 0 Å². The van der Waals surface area contributed by atoms with E-state index in [-0.39, 0.29) is 5.91 Å². The molecule has 6 nitrogen and oxygen atoms in total. The van der Waals surface area contributed by atoms with Crippen LogP contribution in [0, 0.1) is 0 Å². The van der Waals surface area contributed by atoms with E-state index >= 15 is 0 Å². The summed E-state index contributed by atoms with van der Waals surface area (Å²) < 4.78 is 6.85. The Morgan fingerprint density at radius 1 is 1.29 bits per heavy atom. The summed E-state index contributed by atoms with van der Waals surface area (Å²) in [4.78, 5) is 12.3. The van der Waals surface area contributed by atoms with Crippen LogP contribution in [0.25, 0.3) is 5.65 Å². The lowest BCUT2D eigenvalue weighted by atomic mass is 10.2. The van der Waals surface area contributed by atoms with Crippen molar-refractivity contribution in [3.05, 3.63) is 53.2 Å². The lowest BCUT2D eigenvalue weighted by Gasteiger charge is -2.08. The van der Waals surface area contributed by atoms with Gasteiger partial charge in [0.2, 0.25) is 5.95 Å². The average molecular weight is 303 g/mol. The first kappa shape index (κ1) is 13.4. The minimum absolute atomic E-state index is 0.340. The summed E-state index contributed by atoms with van der Waals surface area (Å²) in [6.45, 7) is 0. The third-order valence-electron chi connectivity index (χ3n) is 2.95. The molecule has 1 aromatic carbocycles. The molecule has 2 aromatic heterocycles. The van der Waals surface area contributed by atoms with E-state index in [2.05, 4.69) is 15.5 Å². The quantitative estimate of drug-likeness (QED) is 0.807. The predicted molar refractivity (Wildman–Crippen MR) is 78.9 cm³/mol. The number of pyridine rings is 1. The maximum atomic E-state index is 12.3. The molecule has 0 fully saturated rings. The zero-order valence-corrected chi connectivity index (χ0v) is 11.8. The maximum Gasteiger partial charge on any atom is 0.261 e. The molecule has 0 aliphatic carbocycles. The molecule has 0 radical (unpaired) electrons. The van der Waals surface area contributed by atoms with Crippen molar-refractivity contribution in [2.45, 2.75) is 0 Å². The van der Waals surface area contributed by atoms with Gasteiger partial charge in [-0.25, -0.2) is 0 Å². The van der Waals surface area contributed by atoms with Crippen LogP contribution in [0.3, 0.4) is 0 Å². The van der Waals surface area contributed by atoms with E-state index in [1.807, 2.05) is 12.1 Å². The molecule has 0 unspecified atom stereocenters. The number of nitrogens with zero attached hydrogens (tertiary/aromatic N) is 3. The van der Waals surface area contributed by atoms with Crippen molar-refractivity contribution in [3.63, 3.8) is 0 Å². The molecule has 106 valence electrons. The zero-order valence-electron chi connectivity index (χ0n) is 11.1. The molecule has 0 atom stereocenters. The van der Waals surface area contributed by atoms with Gasteiger partial charge in [-0.1, -0.05) is 17.7 Å². The molecule has 21 heavy (non-hydrogen) atoms. The van der Waals surface area contributed by atoms with Gasteiger partial charge in [-0.05, 0) is 30.3 Å². The number of anilines is 1. The number of halogens is 1. The first-order valence-corrected chi connectivity index (χ1v) is 6.51. The Labute approximate surface area is 125 Å². The number of fused-ring (bicyclic) bond motifs is 1.